The lowest BCUT2D eigenvalue weighted by molar-refractivity contribution is -0.163. The molecule has 9 heteroatoms. The average Bonchev–Trinajstić information content (AvgIpc) is 2.62. The quantitative estimate of drug-likeness (QED) is 0.374. The van der Waals surface area contributed by atoms with E-state index in [0.29, 0.717) is 13.1 Å². The van der Waals surface area contributed by atoms with Crippen molar-refractivity contribution in [2.75, 3.05) is 19.7 Å². The minimum absolute atomic E-state index is 0.0601. The smallest absolute Gasteiger partial charge is 0.428 e. The zero-order chi connectivity index (χ0) is 20.4. The molecular weight excluding hydrogens is 423 g/mol. The Bertz CT molecular complexity index is 595. The highest BCUT2D eigenvalue weighted by Gasteiger charge is 2.41. The number of amides is 1. The van der Waals surface area contributed by atoms with E-state index in [1.807, 2.05) is 13.8 Å². The van der Waals surface area contributed by atoms with Crippen molar-refractivity contribution in [1.82, 2.24) is 4.90 Å². The van der Waals surface area contributed by atoms with Gasteiger partial charge in [-0.3, -0.25) is 4.79 Å². The van der Waals surface area contributed by atoms with Crippen LogP contribution in [-0.2, 0) is 4.79 Å². The predicted octanol–water partition coefficient (Wildman–Crippen LogP) is 5.92. The Morgan fingerprint density at radius 2 is 1.70 bits per heavy atom. The number of nitrogens with zero attached hydrogens (tertiary/aromatic N) is 1. The summed E-state index contributed by atoms with van der Waals surface area (Å²) in [6.07, 6.45) is -0.0891. The van der Waals surface area contributed by atoms with Gasteiger partial charge < -0.3 is 14.4 Å². The van der Waals surface area contributed by atoms with Gasteiger partial charge in [0.25, 0.3) is 5.91 Å². The van der Waals surface area contributed by atoms with Gasteiger partial charge in [0, 0.05) is 13.1 Å². The van der Waals surface area contributed by atoms with Crippen LogP contribution in [0.5, 0.6) is 11.5 Å². The number of unbranched alkanes of at least 4 members (excludes halogenated alkanes) is 2. The first-order chi connectivity index (χ1) is 12.7. The zero-order valence-corrected chi connectivity index (χ0v) is 17.6. The third-order valence-corrected chi connectivity index (χ3v) is 4.58. The van der Waals surface area contributed by atoms with E-state index >= 15 is 0 Å². The molecule has 0 aliphatic carbocycles. The highest BCUT2D eigenvalue weighted by atomic mass is 35.5. The molecule has 0 N–H and O–H groups in total. The topological polar surface area (TPSA) is 38.8 Å². The van der Waals surface area contributed by atoms with Crippen molar-refractivity contribution >= 4 is 40.7 Å². The minimum Gasteiger partial charge on any atom is -0.482 e. The molecule has 4 nitrogen and oxygen atoms in total. The first kappa shape index (κ1) is 24.1. The van der Waals surface area contributed by atoms with Crippen molar-refractivity contribution in [2.45, 2.75) is 50.5 Å². The molecule has 0 atom stereocenters. The second-order valence-corrected chi connectivity index (χ2v) is 7.38. The van der Waals surface area contributed by atoms with Crippen molar-refractivity contribution in [3.8, 4) is 11.5 Å². The molecule has 0 fully saturated rings. The van der Waals surface area contributed by atoms with E-state index in [1.54, 1.807) is 4.90 Å². The van der Waals surface area contributed by atoms with Crippen LogP contribution in [-0.4, -0.2) is 41.4 Å². The fraction of sp³-hybridized carbons (Fsp3) is 0.611. The van der Waals surface area contributed by atoms with E-state index in [1.165, 1.54) is 18.2 Å². The van der Waals surface area contributed by atoms with Crippen molar-refractivity contribution < 1.29 is 23.0 Å². The van der Waals surface area contributed by atoms with Crippen molar-refractivity contribution in [3.63, 3.8) is 0 Å². The lowest BCUT2D eigenvalue weighted by Gasteiger charge is -2.23. The van der Waals surface area contributed by atoms with Crippen LogP contribution in [0.3, 0.4) is 0 Å². The van der Waals surface area contributed by atoms with Gasteiger partial charge in [0.2, 0.25) is 4.84 Å². The van der Waals surface area contributed by atoms with Gasteiger partial charge in [0.1, 0.15) is 16.5 Å². The first-order valence-corrected chi connectivity index (χ1v) is 10.0. The van der Waals surface area contributed by atoms with Gasteiger partial charge in [-0.2, -0.15) is 8.78 Å². The number of carbonyl (C=O) groups is 1. The number of benzene rings is 1. The first-order valence-electron chi connectivity index (χ1n) is 8.77. The minimum atomic E-state index is -3.82. The SMILES string of the molecule is CCCCN(CCCC)C(=O)COc1cccc(OC(F)(F)C(Cl)Cl)c1Cl. The van der Waals surface area contributed by atoms with E-state index in [2.05, 4.69) is 4.74 Å². The lowest BCUT2D eigenvalue weighted by atomic mass is 10.2. The maximum Gasteiger partial charge on any atom is 0.428 e. The summed E-state index contributed by atoms with van der Waals surface area (Å²) in [5.74, 6) is -0.470. The lowest BCUT2D eigenvalue weighted by Crippen LogP contribution is -2.36. The van der Waals surface area contributed by atoms with E-state index in [9.17, 15) is 13.6 Å². The summed E-state index contributed by atoms with van der Waals surface area (Å²) < 4.78 is 37.0. The Hall–Kier alpha value is -0.980. The number of alkyl halides is 4. The zero-order valence-electron chi connectivity index (χ0n) is 15.3. The van der Waals surface area contributed by atoms with Crippen LogP contribution in [0.2, 0.25) is 5.02 Å². The Morgan fingerprint density at radius 1 is 1.15 bits per heavy atom. The molecule has 1 amide bonds. The number of hydrogen-bond acceptors (Lipinski definition) is 3. The summed E-state index contributed by atoms with van der Waals surface area (Å²) in [5.41, 5.74) is 0. The number of hydrogen-bond donors (Lipinski definition) is 0. The van der Waals surface area contributed by atoms with Gasteiger partial charge >= 0.3 is 6.11 Å². The monoisotopic (exact) mass is 445 g/mol. The molecule has 0 spiro atoms. The van der Waals surface area contributed by atoms with Gasteiger partial charge in [-0.15, -0.1) is 0 Å². The molecule has 1 aromatic carbocycles. The van der Waals surface area contributed by atoms with Gasteiger partial charge in [-0.1, -0.05) is 67.6 Å². The molecule has 0 aliphatic rings. The summed E-state index contributed by atoms with van der Waals surface area (Å²) in [6, 6.07) is 4.11. The summed E-state index contributed by atoms with van der Waals surface area (Å²) in [6.45, 7) is 5.14. The maximum absolute atomic E-state index is 13.6. The summed E-state index contributed by atoms with van der Waals surface area (Å²) in [5, 5.41) is -0.187. The number of ether oxygens (including phenoxy) is 2. The number of carbonyl (C=O) groups excluding carboxylic acids is 1. The van der Waals surface area contributed by atoms with Crippen LogP contribution in [0.15, 0.2) is 18.2 Å². The van der Waals surface area contributed by atoms with Gasteiger partial charge in [0.15, 0.2) is 6.61 Å². The standard InChI is InChI=1S/C18H24Cl3F2NO3/c1-3-5-10-24(11-6-4-2)15(25)12-26-13-8-7-9-14(16(13)19)27-18(22,23)17(20)21/h7-9,17H,3-6,10-12H2,1-2H3. The molecule has 0 saturated carbocycles. The van der Waals surface area contributed by atoms with Crippen LogP contribution in [0, 0.1) is 0 Å². The van der Waals surface area contributed by atoms with E-state index in [4.69, 9.17) is 39.5 Å². The molecule has 27 heavy (non-hydrogen) atoms. The second-order valence-electron chi connectivity index (χ2n) is 5.91. The molecule has 0 saturated heterocycles. The van der Waals surface area contributed by atoms with Gasteiger partial charge in [-0.05, 0) is 25.0 Å². The Morgan fingerprint density at radius 3 is 2.22 bits per heavy atom. The van der Waals surface area contributed by atoms with Gasteiger partial charge in [-0.25, -0.2) is 0 Å². The largest absolute Gasteiger partial charge is 0.482 e. The van der Waals surface area contributed by atoms with E-state index < -0.39 is 10.9 Å². The molecule has 154 valence electrons. The molecule has 0 bridgehead atoms. The predicted molar refractivity (Wildman–Crippen MR) is 104 cm³/mol. The van der Waals surface area contributed by atoms with Crippen LogP contribution in [0.1, 0.15) is 39.5 Å². The van der Waals surface area contributed by atoms with Crippen molar-refractivity contribution in [1.29, 1.82) is 0 Å². The molecule has 1 aromatic rings. The van der Waals surface area contributed by atoms with Crippen molar-refractivity contribution in [3.05, 3.63) is 23.2 Å². The fourth-order valence-electron chi connectivity index (χ4n) is 2.16. The van der Waals surface area contributed by atoms with Gasteiger partial charge in [0.05, 0.1) is 0 Å². The molecular formula is C18H24Cl3F2NO3. The van der Waals surface area contributed by atoms with E-state index in [-0.39, 0.29) is 29.0 Å². The summed E-state index contributed by atoms with van der Waals surface area (Å²) >= 11 is 16.5. The normalized spacial score (nSPS) is 11.6. The molecule has 0 aliphatic heterocycles. The third kappa shape index (κ3) is 7.88. The maximum atomic E-state index is 13.6. The molecule has 0 radical (unpaired) electrons. The van der Waals surface area contributed by atoms with Crippen LogP contribution in [0.25, 0.3) is 0 Å². The van der Waals surface area contributed by atoms with Crippen LogP contribution < -0.4 is 9.47 Å². The molecule has 0 aromatic heterocycles. The fourth-order valence-corrected chi connectivity index (χ4v) is 2.47. The van der Waals surface area contributed by atoms with Crippen molar-refractivity contribution in [2.24, 2.45) is 0 Å². The Labute approximate surface area is 173 Å². The highest BCUT2D eigenvalue weighted by Crippen LogP contribution is 2.38. The Kier molecular flexibility index (Phi) is 10.5. The molecule has 0 heterocycles. The second kappa shape index (κ2) is 11.8. The van der Waals surface area contributed by atoms with E-state index in [0.717, 1.165) is 25.7 Å². The average molecular weight is 447 g/mol. The third-order valence-electron chi connectivity index (χ3n) is 3.69. The summed E-state index contributed by atoms with van der Waals surface area (Å²) in [4.78, 5) is 12.1. The van der Waals surface area contributed by atoms with Crippen LogP contribution >= 0.6 is 34.8 Å². The Balaban J connectivity index is 2.78. The summed E-state index contributed by atoms with van der Waals surface area (Å²) in [7, 11) is 0. The number of halogens is 5. The highest BCUT2D eigenvalue weighted by molar-refractivity contribution is 6.44. The molecule has 0 unspecified atom stereocenters. The van der Waals surface area contributed by atoms with Crippen LogP contribution in [0.4, 0.5) is 8.78 Å². The number of rotatable bonds is 12. The molecule has 1 rings (SSSR count).